The van der Waals surface area contributed by atoms with E-state index in [0.717, 1.165) is 6.08 Å². The molecular formula is C22H16ClFN2O4. The zero-order valence-electron chi connectivity index (χ0n) is 15.4. The van der Waals surface area contributed by atoms with Crippen LogP contribution in [0, 0.1) is 5.82 Å². The van der Waals surface area contributed by atoms with Gasteiger partial charge in [0.25, 0.3) is 11.8 Å². The number of ether oxygens (including phenoxy) is 1. The van der Waals surface area contributed by atoms with Crippen molar-refractivity contribution in [2.45, 2.75) is 0 Å². The van der Waals surface area contributed by atoms with Gasteiger partial charge in [-0.1, -0.05) is 23.7 Å². The predicted octanol–water partition coefficient (Wildman–Crippen LogP) is 5.04. The number of carbonyl (C=O) groups is 2. The number of halogens is 2. The first-order chi connectivity index (χ1) is 14.5. The van der Waals surface area contributed by atoms with Crippen molar-refractivity contribution < 1.29 is 23.9 Å². The lowest BCUT2D eigenvalue weighted by Gasteiger charge is -2.13. The molecule has 0 bridgehead atoms. The standard InChI is InChI=1S/C22H16ClFN2O4/c23-15-6-11-19(14(13-15)5-12-21(27)26-29)25-22(28)18-3-1-2-4-20(18)30-17-9-7-16(24)8-10-17/h1-13,29H,(H,25,28)(H,26,27). The summed E-state index contributed by atoms with van der Waals surface area (Å²) >= 11 is 6.00. The van der Waals surface area contributed by atoms with Crippen LogP contribution in [0.15, 0.2) is 72.8 Å². The van der Waals surface area contributed by atoms with E-state index in [1.54, 1.807) is 42.5 Å². The number of hydroxylamine groups is 1. The zero-order chi connectivity index (χ0) is 21.5. The molecule has 0 spiro atoms. The van der Waals surface area contributed by atoms with Crippen molar-refractivity contribution in [3.8, 4) is 11.5 Å². The number of nitrogens with one attached hydrogen (secondary N) is 2. The Morgan fingerprint density at radius 2 is 1.77 bits per heavy atom. The van der Waals surface area contributed by atoms with E-state index in [1.165, 1.54) is 35.8 Å². The van der Waals surface area contributed by atoms with Gasteiger partial charge in [-0.25, -0.2) is 9.87 Å². The molecule has 0 saturated carbocycles. The highest BCUT2D eigenvalue weighted by Crippen LogP contribution is 2.28. The largest absolute Gasteiger partial charge is 0.457 e. The van der Waals surface area contributed by atoms with Crippen LogP contribution in [0.2, 0.25) is 5.02 Å². The van der Waals surface area contributed by atoms with E-state index in [9.17, 15) is 14.0 Å². The highest BCUT2D eigenvalue weighted by molar-refractivity contribution is 6.31. The quantitative estimate of drug-likeness (QED) is 0.292. The van der Waals surface area contributed by atoms with Crippen LogP contribution in [0.3, 0.4) is 0 Å². The second-order valence-corrected chi connectivity index (χ2v) is 6.48. The molecule has 0 saturated heterocycles. The Hall–Kier alpha value is -3.68. The van der Waals surface area contributed by atoms with Crippen LogP contribution in [0.4, 0.5) is 10.1 Å². The Balaban J connectivity index is 1.86. The van der Waals surface area contributed by atoms with Crippen LogP contribution >= 0.6 is 11.6 Å². The Morgan fingerprint density at radius 3 is 2.50 bits per heavy atom. The summed E-state index contributed by atoms with van der Waals surface area (Å²) in [7, 11) is 0. The average Bonchev–Trinajstić information content (AvgIpc) is 2.75. The van der Waals surface area contributed by atoms with Crippen molar-refractivity contribution >= 4 is 35.2 Å². The maximum atomic E-state index is 13.1. The maximum absolute atomic E-state index is 13.1. The second kappa shape index (κ2) is 9.69. The van der Waals surface area contributed by atoms with Crippen molar-refractivity contribution in [3.63, 3.8) is 0 Å². The molecule has 0 aliphatic heterocycles. The fourth-order valence-electron chi connectivity index (χ4n) is 2.55. The molecule has 30 heavy (non-hydrogen) atoms. The first-order valence-corrected chi connectivity index (χ1v) is 9.09. The van der Waals surface area contributed by atoms with Crippen molar-refractivity contribution in [3.05, 3.63) is 94.8 Å². The number of rotatable bonds is 6. The first-order valence-electron chi connectivity index (χ1n) is 8.72. The summed E-state index contributed by atoms with van der Waals surface area (Å²) in [4.78, 5) is 24.1. The fraction of sp³-hybridized carbons (Fsp3) is 0. The summed E-state index contributed by atoms with van der Waals surface area (Å²) < 4.78 is 18.8. The molecule has 3 aromatic carbocycles. The van der Waals surface area contributed by atoms with Gasteiger partial charge >= 0.3 is 0 Å². The topological polar surface area (TPSA) is 87.7 Å². The van der Waals surface area contributed by atoms with Crippen LogP contribution in [-0.2, 0) is 4.79 Å². The third-order valence-electron chi connectivity index (χ3n) is 3.96. The molecule has 0 unspecified atom stereocenters. The summed E-state index contributed by atoms with van der Waals surface area (Å²) in [6.07, 6.45) is 2.49. The molecular weight excluding hydrogens is 411 g/mol. The monoisotopic (exact) mass is 426 g/mol. The lowest BCUT2D eigenvalue weighted by molar-refractivity contribution is -0.124. The van der Waals surface area contributed by atoms with Gasteiger partial charge in [-0.3, -0.25) is 14.8 Å². The Kier molecular flexibility index (Phi) is 6.79. The third-order valence-corrected chi connectivity index (χ3v) is 4.19. The molecule has 0 aliphatic rings. The predicted molar refractivity (Wildman–Crippen MR) is 111 cm³/mol. The van der Waals surface area contributed by atoms with E-state index in [2.05, 4.69) is 5.32 Å². The van der Waals surface area contributed by atoms with Crippen LogP contribution in [-0.4, -0.2) is 17.0 Å². The van der Waals surface area contributed by atoms with Gasteiger partial charge in [0.15, 0.2) is 0 Å². The molecule has 3 rings (SSSR count). The van der Waals surface area contributed by atoms with Gasteiger partial charge in [0.05, 0.1) is 5.56 Å². The first kappa shape index (κ1) is 21.0. The van der Waals surface area contributed by atoms with Crippen molar-refractivity contribution in [2.75, 3.05) is 5.32 Å². The van der Waals surface area contributed by atoms with E-state index < -0.39 is 17.6 Å². The van der Waals surface area contributed by atoms with E-state index in [0.29, 0.717) is 22.0 Å². The van der Waals surface area contributed by atoms with E-state index in [-0.39, 0.29) is 11.3 Å². The lowest BCUT2D eigenvalue weighted by atomic mass is 10.1. The molecule has 3 aromatic rings. The minimum atomic E-state index is -0.731. The van der Waals surface area contributed by atoms with Crippen LogP contribution in [0.25, 0.3) is 6.08 Å². The summed E-state index contributed by atoms with van der Waals surface area (Å²) in [6, 6.07) is 16.7. The zero-order valence-corrected chi connectivity index (χ0v) is 16.2. The highest BCUT2D eigenvalue weighted by atomic mass is 35.5. The summed E-state index contributed by atoms with van der Waals surface area (Å²) in [6.45, 7) is 0. The van der Waals surface area contributed by atoms with Crippen LogP contribution < -0.4 is 15.5 Å². The molecule has 0 heterocycles. The molecule has 152 valence electrons. The number of hydrogen-bond donors (Lipinski definition) is 3. The normalized spacial score (nSPS) is 10.6. The number of para-hydroxylation sites is 1. The minimum absolute atomic E-state index is 0.250. The van der Waals surface area contributed by atoms with Gasteiger partial charge < -0.3 is 10.1 Å². The number of carbonyl (C=O) groups excluding carboxylic acids is 2. The Labute approximate surface area is 176 Å². The van der Waals surface area contributed by atoms with Crippen LogP contribution in [0.5, 0.6) is 11.5 Å². The third kappa shape index (κ3) is 5.44. The van der Waals surface area contributed by atoms with Gasteiger partial charge in [0.1, 0.15) is 17.3 Å². The van der Waals surface area contributed by atoms with Crippen molar-refractivity contribution in [1.82, 2.24) is 5.48 Å². The number of hydrogen-bond acceptors (Lipinski definition) is 4. The lowest BCUT2D eigenvalue weighted by Crippen LogP contribution is -2.15. The van der Waals surface area contributed by atoms with Gasteiger partial charge in [-0.15, -0.1) is 0 Å². The highest BCUT2D eigenvalue weighted by Gasteiger charge is 2.15. The molecule has 0 atom stereocenters. The molecule has 6 nitrogen and oxygen atoms in total. The SMILES string of the molecule is O=C(C=Cc1cc(Cl)ccc1NC(=O)c1ccccc1Oc1ccc(F)cc1)NO. The Morgan fingerprint density at radius 1 is 1.03 bits per heavy atom. The smallest absolute Gasteiger partial charge is 0.267 e. The summed E-state index contributed by atoms with van der Waals surface area (Å²) in [5.74, 6) is -0.928. The van der Waals surface area contributed by atoms with Gasteiger partial charge in [-0.2, -0.15) is 0 Å². The van der Waals surface area contributed by atoms with E-state index in [1.807, 2.05) is 0 Å². The maximum Gasteiger partial charge on any atom is 0.267 e. The van der Waals surface area contributed by atoms with Gasteiger partial charge in [0, 0.05) is 16.8 Å². The van der Waals surface area contributed by atoms with Crippen molar-refractivity contribution in [2.24, 2.45) is 0 Å². The van der Waals surface area contributed by atoms with Crippen molar-refractivity contribution in [1.29, 1.82) is 0 Å². The molecule has 0 fully saturated rings. The van der Waals surface area contributed by atoms with E-state index >= 15 is 0 Å². The minimum Gasteiger partial charge on any atom is -0.457 e. The Bertz CT molecular complexity index is 1100. The van der Waals surface area contributed by atoms with Gasteiger partial charge in [0.2, 0.25) is 0 Å². The molecule has 0 aliphatic carbocycles. The van der Waals surface area contributed by atoms with E-state index in [4.69, 9.17) is 21.5 Å². The average molecular weight is 427 g/mol. The molecule has 0 radical (unpaired) electrons. The molecule has 0 aromatic heterocycles. The number of amides is 2. The molecule has 2 amide bonds. The number of benzene rings is 3. The second-order valence-electron chi connectivity index (χ2n) is 6.05. The summed E-state index contributed by atoms with van der Waals surface area (Å²) in [5, 5.41) is 11.8. The fourth-order valence-corrected chi connectivity index (χ4v) is 2.73. The molecule has 8 heteroatoms. The summed E-state index contributed by atoms with van der Waals surface area (Å²) in [5.41, 5.74) is 2.58. The number of anilines is 1. The van der Waals surface area contributed by atoms with Crippen LogP contribution in [0.1, 0.15) is 15.9 Å². The molecule has 3 N–H and O–H groups in total. The van der Waals surface area contributed by atoms with Gasteiger partial charge in [-0.05, 0) is 66.2 Å².